The van der Waals surface area contributed by atoms with Gasteiger partial charge in [0.05, 0.1) is 6.61 Å². The van der Waals surface area contributed by atoms with Crippen LogP contribution in [0.25, 0.3) is 22.5 Å². The number of amides is 2. The van der Waals surface area contributed by atoms with Crippen LogP contribution < -0.4 is 15.4 Å². The van der Waals surface area contributed by atoms with E-state index in [0.29, 0.717) is 43.0 Å². The van der Waals surface area contributed by atoms with E-state index in [4.69, 9.17) is 4.74 Å². The highest BCUT2D eigenvalue weighted by atomic mass is 19.1. The lowest BCUT2D eigenvalue weighted by molar-refractivity contribution is -0.125. The smallest absolute Gasteiger partial charge is 0.231 e. The van der Waals surface area contributed by atoms with Crippen molar-refractivity contribution in [3.63, 3.8) is 0 Å². The van der Waals surface area contributed by atoms with Gasteiger partial charge in [0, 0.05) is 59.1 Å². The summed E-state index contributed by atoms with van der Waals surface area (Å²) < 4.78 is 36.5. The van der Waals surface area contributed by atoms with E-state index < -0.39 is 22.5 Å². The van der Waals surface area contributed by atoms with Crippen molar-refractivity contribution in [3.05, 3.63) is 54.0 Å². The number of carbonyl (C=O) groups excluding carboxylic acids is 2. The summed E-state index contributed by atoms with van der Waals surface area (Å²) >= 11 is 0. The zero-order valence-corrected chi connectivity index (χ0v) is 32.5. The van der Waals surface area contributed by atoms with Crippen LogP contribution in [0.2, 0.25) is 0 Å². The normalized spacial score (nSPS) is 15.2. The maximum absolute atomic E-state index is 15.4. The molecule has 0 spiro atoms. The van der Waals surface area contributed by atoms with Crippen LogP contribution in [-0.2, 0) is 9.59 Å². The maximum atomic E-state index is 15.4. The number of nitrogens with zero attached hydrogens (tertiary/aromatic N) is 6. The van der Waals surface area contributed by atoms with Gasteiger partial charge >= 0.3 is 0 Å². The number of halogens is 2. The number of hydrogen-bond acceptors (Lipinski definition) is 9. The number of carbonyl (C=O) groups is 2. The Morgan fingerprint density at radius 1 is 0.926 bits per heavy atom. The fourth-order valence-corrected chi connectivity index (χ4v) is 6.37. The summed E-state index contributed by atoms with van der Waals surface area (Å²) in [5.41, 5.74) is 0.749. The first-order valence-corrected chi connectivity index (χ1v) is 18.8. The van der Waals surface area contributed by atoms with Crippen LogP contribution in [0.1, 0.15) is 72.8 Å². The third kappa shape index (κ3) is 10.1. The van der Waals surface area contributed by atoms with Crippen molar-refractivity contribution in [2.75, 3.05) is 56.5 Å². The van der Waals surface area contributed by atoms with Crippen LogP contribution in [-0.4, -0.2) is 97.9 Å². The largest absolute Gasteiger partial charge is 0.477 e. The molecule has 292 valence electrons. The number of aryl methyl sites for hydroxylation is 1. The Kier molecular flexibility index (Phi) is 13.2. The molecule has 5 rings (SSSR count). The molecule has 1 unspecified atom stereocenters. The molecule has 0 aromatic carbocycles. The van der Waals surface area contributed by atoms with Gasteiger partial charge in [-0.25, -0.2) is 13.8 Å². The molecule has 54 heavy (non-hydrogen) atoms. The first-order valence-electron chi connectivity index (χ1n) is 18.8. The summed E-state index contributed by atoms with van der Waals surface area (Å²) in [6.07, 6.45) is 7.92. The zero-order chi connectivity index (χ0) is 39.0. The first-order chi connectivity index (χ1) is 25.7. The predicted octanol–water partition coefficient (Wildman–Crippen LogP) is 6.69. The Hall–Kier alpha value is -4.76. The Morgan fingerprint density at radius 3 is 2.17 bits per heavy atom. The molecule has 1 aliphatic rings. The van der Waals surface area contributed by atoms with Gasteiger partial charge in [-0.3, -0.25) is 24.8 Å². The van der Waals surface area contributed by atoms with E-state index in [-0.39, 0.29) is 40.8 Å². The van der Waals surface area contributed by atoms with Gasteiger partial charge < -0.3 is 25.2 Å². The molecular formula is C39H54F2N10O3. The second kappa shape index (κ2) is 17.6. The molecule has 0 bridgehead atoms. The van der Waals surface area contributed by atoms with E-state index >= 15 is 8.78 Å². The van der Waals surface area contributed by atoms with Gasteiger partial charge in [-0.05, 0) is 83.0 Å². The minimum Gasteiger partial charge on any atom is -0.477 e. The van der Waals surface area contributed by atoms with Crippen molar-refractivity contribution in [1.82, 2.24) is 40.2 Å². The van der Waals surface area contributed by atoms with Crippen LogP contribution in [0.5, 0.6) is 5.88 Å². The topological polar surface area (TPSA) is 157 Å². The van der Waals surface area contributed by atoms with Gasteiger partial charge in [0.1, 0.15) is 11.4 Å². The summed E-state index contributed by atoms with van der Waals surface area (Å²) in [7, 11) is 0. The SMILES string of the molecule is CCCN(CC)CCC(C)(C)C(=O)Nc1n[nH]c(-c2ccc(OCC3CCN(CCC(C)(C)C(=O)Nc4n[nH]c(-c5cncc(C)c5)c4F)C3)nc2)c1F. The molecule has 4 aromatic rings. The molecule has 1 atom stereocenters. The molecule has 1 fully saturated rings. The highest BCUT2D eigenvalue weighted by Gasteiger charge is 2.33. The average Bonchev–Trinajstić information content (AvgIpc) is 3.87. The molecule has 0 saturated carbocycles. The third-order valence-corrected chi connectivity index (χ3v) is 10.2. The summed E-state index contributed by atoms with van der Waals surface area (Å²) in [6.45, 7) is 19.0. The van der Waals surface area contributed by atoms with E-state index in [1.807, 2.05) is 34.6 Å². The number of aromatic amines is 2. The summed E-state index contributed by atoms with van der Waals surface area (Å²) in [6, 6.07) is 5.18. The monoisotopic (exact) mass is 748 g/mol. The van der Waals surface area contributed by atoms with Crippen molar-refractivity contribution in [2.24, 2.45) is 16.7 Å². The number of hydrogen-bond donors (Lipinski definition) is 4. The van der Waals surface area contributed by atoms with Crippen LogP contribution in [0.4, 0.5) is 20.4 Å². The van der Waals surface area contributed by atoms with Crippen LogP contribution in [0.3, 0.4) is 0 Å². The van der Waals surface area contributed by atoms with Gasteiger partial charge in [0.2, 0.25) is 17.7 Å². The van der Waals surface area contributed by atoms with Gasteiger partial charge in [0.15, 0.2) is 23.3 Å². The van der Waals surface area contributed by atoms with Crippen molar-refractivity contribution >= 4 is 23.5 Å². The molecule has 4 N–H and O–H groups in total. The van der Waals surface area contributed by atoms with E-state index in [2.05, 4.69) is 64.6 Å². The maximum Gasteiger partial charge on any atom is 0.231 e. The van der Waals surface area contributed by atoms with Crippen molar-refractivity contribution in [3.8, 4) is 28.4 Å². The third-order valence-electron chi connectivity index (χ3n) is 10.2. The molecule has 4 aromatic heterocycles. The van der Waals surface area contributed by atoms with Gasteiger partial charge in [-0.1, -0.05) is 41.5 Å². The Balaban J connectivity index is 1.06. The number of aromatic nitrogens is 6. The van der Waals surface area contributed by atoms with Gasteiger partial charge in [0.25, 0.3) is 0 Å². The second-order valence-corrected chi connectivity index (χ2v) is 15.5. The van der Waals surface area contributed by atoms with Gasteiger partial charge in [-0.15, -0.1) is 0 Å². The summed E-state index contributed by atoms with van der Waals surface area (Å²) in [5, 5.41) is 18.7. The van der Waals surface area contributed by atoms with Crippen molar-refractivity contribution < 1.29 is 23.1 Å². The number of pyridine rings is 2. The lowest BCUT2D eigenvalue weighted by Gasteiger charge is -2.27. The Bertz CT molecular complexity index is 1870. The number of ether oxygens (including phenoxy) is 1. The average molecular weight is 749 g/mol. The van der Waals surface area contributed by atoms with E-state index in [1.165, 1.54) is 6.20 Å². The van der Waals surface area contributed by atoms with E-state index in [1.54, 1.807) is 30.6 Å². The molecule has 5 heterocycles. The number of rotatable bonds is 18. The van der Waals surface area contributed by atoms with Crippen LogP contribution in [0, 0.1) is 35.3 Å². The highest BCUT2D eigenvalue weighted by molar-refractivity contribution is 5.95. The Morgan fingerprint density at radius 2 is 1.57 bits per heavy atom. The minimum atomic E-state index is -0.765. The highest BCUT2D eigenvalue weighted by Crippen LogP contribution is 2.31. The minimum absolute atomic E-state index is 0.129. The number of nitrogens with one attached hydrogen (secondary N) is 4. The number of H-pyrrole nitrogens is 2. The van der Waals surface area contributed by atoms with Crippen molar-refractivity contribution in [2.45, 2.75) is 74.1 Å². The zero-order valence-electron chi connectivity index (χ0n) is 32.5. The predicted molar refractivity (Wildman–Crippen MR) is 205 cm³/mol. The molecule has 0 radical (unpaired) electrons. The van der Waals surface area contributed by atoms with Crippen LogP contribution >= 0.6 is 0 Å². The van der Waals surface area contributed by atoms with E-state index in [0.717, 1.165) is 51.1 Å². The lowest BCUT2D eigenvalue weighted by atomic mass is 9.88. The summed E-state index contributed by atoms with van der Waals surface area (Å²) in [4.78, 5) is 39.3. The lowest BCUT2D eigenvalue weighted by Crippen LogP contribution is -2.36. The second-order valence-electron chi connectivity index (χ2n) is 15.5. The molecule has 1 aliphatic heterocycles. The quantitative estimate of drug-likeness (QED) is 0.0871. The Labute approximate surface area is 316 Å². The molecular weight excluding hydrogens is 694 g/mol. The molecule has 1 saturated heterocycles. The number of anilines is 2. The summed E-state index contributed by atoms with van der Waals surface area (Å²) in [5.74, 6) is -1.47. The van der Waals surface area contributed by atoms with Crippen LogP contribution in [0.15, 0.2) is 36.8 Å². The first kappa shape index (κ1) is 40.4. The fourth-order valence-electron chi connectivity index (χ4n) is 6.37. The van der Waals surface area contributed by atoms with Crippen molar-refractivity contribution in [1.29, 1.82) is 0 Å². The molecule has 13 nitrogen and oxygen atoms in total. The molecule has 15 heteroatoms. The fraction of sp³-hybridized carbons (Fsp3) is 0.538. The number of likely N-dealkylation sites (tertiary alicyclic amines) is 1. The molecule has 2 amide bonds. The van der Waals surface area contributed by atoms with Gasteiger partial charge in [-0.2, -0.15) is 10.2 Å². The molecule has 0 aliphatic carbocycles. The standard InChI is InChI=1S/C39H54F2N10O3/c1-8-15-50(9-2)17-13-38(4,5)36(52)44-34-30(40)32(46-48-34)27-10-11-29(43-22-27)54-24-26-12-16-51(23-26)18-14-39(6,7)37(53)45-35-31(41)33(47-49-35)28-19-25(3)20-42-21-28/h10-11,19-22,26H,8-9,12-18,23-24H2,1-7H3,(H2,44,46,48,52)(H2,45,47,49,53). The van der Waals surface area contributed by atoms with E-state index in [9.17, 15) is 9.59 Å².